The van der Waals surface area contributed by atoms with Crippen molar-refractivity contribution in [2.45, 2.75) is 13.1 Å². The van der Waals surface area contributed by atoms with E-state index in [1.807, 2.05) is 60.7 Å². The van der Waals surface area contributed by atoms with Gasteiger partial charge in [0.25, 0.3) is 5.91 Å². The number of aromatic nitrogens is 2. The fourth-order valence-corrected chi connectivity index (χ4v) is 3.60. The molecule has 32 heavy (non-hydrogen) atoms. The molecule has 0 aliphatic carbocycles. The van der Waals surface area contributed by atoms with Crippen LogP contribution in [0, 0.1) is 5.41 Å². The Morgan fingerprint density at radius 1 is 1.03 bits per heavy atom. The van der Waals surface area contributed by atoms with E-state index in [1.165, 1.54) is 6.33 Å². The topological polar surface area (TPSA) is 108 Å². The maximum Gasteiger partial charge on any atom is 0.253 e. The lowest BCUT2D eigenvalue weighted by Crippen LogP contribution is -2.26. The highest BCUT2D eigenvalue weighted by atomic mass is 16.2. The molecule has 0 aliphatic heterocycles. The lowest BCUT2D eigenvalue weighted by Gasteiger charge is -2.18. The van der Waals surface area contributed by atoms with Crippen LogP contribution >= 0.6 is 0 Å². The average molecular weight is 425 g/mol. The molecule has 7 heteroatoms. The van der Waals surface area contributed by atoms with Crippen molar-refractivity contribution in [1.29, 1.82) is 5.41 Å². The number of nitrogen functional groups attached to an aromatic ring is 1. The molecule has 0 bridgehead atoms. The molecular weight excluding hydrogens is 400 g/mol. The Morgan fingerprint density at radius 2 is 1.78 bits per heavy atom. The van der Waals surface area contributed by atoms with E-state index >= 15 is 0 Å². The van der Waals surface area contributed by atoms with Gasteiger partial charge >= 0.3 is 0 Å². The smallest absolute Gasteiger partial charge is 0.253 e. The second kappa shape index (κ2) is 9.26. The number of hydrogen-bond donors (Lipinski definition) is 3. The van der Waals surface area contributed by atoms with E-state index in [9.17, 15) is 4.79 Å². The van der Waals surface area contributed by atoms with Crippen LogP contribution in [0.2, 0.25) is 0 Å². The minimum absolute atomic E-state index is 0.0257. The molecule has 3 aromatic carbocycles. The number of fused-ring (bicyclic) bond motifs is 1. The van der Waals surface area contributed by atoms with Gasteiger partial charge in [0.2, 0.25) is 0 Å². The van der Waals surface area contributed by atoms with Crippen LogP contribution in [0.15, 0.2) is 79.1 Å². The van der Waals surface area contributed by atoms with Gasteiger partial charge in [-0.25, -0.2) is 9.97 Å². The monoisotopic (exact) mass is 424 g/mol. The Hall–Kier alpha value is -4.26. The van der Waals surface area contributed by atoms with Gasteiger partial charge in [-0.1, -0.05) is 54.6 Å². The quantitative estimate of drug-likeness (QED) is 0.309. The third kappa shape index (κ3) is 4.57. The van der Waals surface area contributed by atoms with Crippen molar-refractivity contribution in [3.63, 3.8) is 0 Å². The maximum atomic E-state index is 12.9. The summed E-state index contributed by atoms with van der Waals surface area (Å²) >= 11 is 0. The Labute approximate surface area is 186 Å². The molecule has 1 heterocycles. The number of hydrogen-bond acceptors (Lipinski definition) is 5. The fraction of sp³-hybridized carbons (Fsp3) is 0.120. The molecule has 0 fully saturated rings. The zero-order valence-corrected chi connectivity index (χ0v) is 17.7. The van der Waals surface area contributed by atoms with Crippen LogP contribution in [0.25, 0.3) is 10.9 Å². The molecule has 4 rings (SSSR count). The van der Waals surface area contributed by atoms with Crippen molar-refractivity contribution in [2.75, 3.05) is 12.4 Å². The molecular formula is C25H24N6O. The zero-order chi connectivity index (χ0) is 22.5. The van der Waals surface area contributed by atoms with Crippen LogP contribution in [0.3, 0.4) is 0 Å². The third-order valence-electron chi connectivity index (χ3n) is 5.25. The Bertz CT molecular complexity index is 1270. The van der Waals surface area contributed by atoms with Crippen molar-refractivity contribution >= 4 is 28.5 Å². The summed E-state index contributed by atoms with van der Waals surface area (Å²) < 4.78 is 0. The van der Waals surface area contributed by atoms with Crippen molar-refractivity contribution in [3.8, 4) is 0 Å². The van der Waals surface area contributed by atoms with E-state index in [0.717, 1.165) is 16.5 Å². The van der Waals surface area contributed by atoms with Crippen LogP contribution in [-0.4, -0.2) is 33.7 Å². The molecule has 1 amide bonds. The molecule has 0 radical (unpaired) electrons. The van der Waals surface area contributed by atoms with E-state index in [-0.39, 0.29) is 11.7 Å². The molecule has 0 spiro atoms. The van der Waals surface area contributed by atoms with E-state index in [1.54, 1.807) is 24.1 Å². The minimum atomic E-state index is -0.0701. The van der Waals surface area contributed by atoms with Gasteiger partial charge in [-0.15, -0.1) is 0 Å². The van der Waals surface area contributed by atoms with Gasteiger partial charge in [0.15, 0.2) is 0 Å². The number of nitrogens with zero attached hydrogens (tertiary/aromatic N) is 3. The fourth-order valence-electron chi connectivity index (χ4n) is 3.60. The summed E-state index contributed by atoms with van der Waals surface area (Å²) in [6.45, 7) is 0.992. The number of nitrogens with one attached hydrogen (secondary N) is 2. The standard InChI is InChI=1S/C25H24N6O/c1-31(15-17-7-3-2-4-8-17)25(32)18-11-12-21-22(13-18)29-16-30-24(21)28-14-19-9-5-6-10-20(19)23(26)27/h2-13,16H,14-15H2,1H3,(H3,26,27)(H,28,29,30). The van der Waals surface area contributed by atoms with Gasteiger partial charge in [0.05, 0.1) is 5.52 Å². The van der Waals surface area contributed by atoms with Crippen LogP contribution in [0.4, 0.5) is 5.82 Å². The number of amidine groups is 1. The highest BCUT2D eigenvalue weighted by molar-refractivity contribution is 6.00. The summed E-state index contributed by atoms with van der Waals surface area (Å²) in [5, 5.41) is 11.9. The summed E-state index contributed by atoms with van der Waals surface area (Å²) in [4.78, 5) is 23.3. The number of carbonyl (C=O) groups is 1. The zero-order valence-electron chi connectivity index (χ0n) is 17.7. The Kier molecular flexibility index (Phi) is 6.07. The number of rotatable bonds is 7. The van der Waals surface area contributed by atoms with Gasteiger partial charge in [-0.05, 0) is 29.3 Å². The lowest BCUT2D eigenvalue weighted by atomic mass is 10.1. The summed E-state index contributed by atoms with van der Waals surface area (Å²) in [6.07, 6.45) is 1.48. The Balaban J connectivity index is 1.54. The first kappa shape index (κ1) is 21.0. The van der Waals surface area contributed by atoms with Crippen LogP contribution in [-0.2, 0) is 13.1 Å². The van der Waals surface area contributed by atoms with Gasteiger partial charge in [0.1, 0.15) is 18.0 Å². The van der Waals surface area contributed by atoms with E-state index < -0.39 is 0 Å². The third-order valence-corrected chi connectivity index (χ3v) is 5.25. The molecule has 4 aromatic rings. The van der Waals surface area contributed by atoms with Gasteiger partial charge in [-0.2, -0.15) is 0 Å². The van der Waals surface area contributed by atoms with E-state index in [4.69, 9.17) is 11.1 Å². The molecule has 160 valence electrons. The van der Waals surface area contributed by atoms with E-state index in [0.29, 0.717) is 35.6 Å². The Morgan fingerprint density at radius 3 is 2.56 bits per heavy atom. The molecule has 0 saturated heterocycles. The maximum absolute atomic E-state index is 12.9. The highest BCUT2D eigenvalue weighted by Crippen LogP contribution is 2.22. The first-order chi connectivity index (χ1) is 15.5. The first-order valence-electron chi connectivity index (χ1n) is 10.2. The normalized spacial score (nSPS) is 10.7. The second-order valence-corrected chi connectivity index (χ2v) is 7.53. The number of carbonyl (C=O) groups excluding carboxylic acids is 1. The molecule has 0 atom stereocenters. The summed E-state index contributed by atoms with van der Waals surface area (Å²) in [6, 6.07) is 22.8. The molecule has 1 aromatic heterocycles. The van der Waals surface area contributed by atoms with Gasteiger partial charge < -0.3 is 16.0 Å². The largest absolute Gasteiger partial charge is 0.384 e. The van der Waals surface area contributed by atoms with Crippen LogP contribution in [0.5, 0.6) is 0 Å². The molecule has 0 unspecified atom stereocenters. The number of amides is 1. The van der Waals surface area contributed by atoms with Crippen LogP contribution < -0.4 is 11.1 Å². The minimum Gasteiger partial charge on any atom is -0.384 e. The van der Waals surface area contributed by atoms with E-state index in [2.05, 4.69) is 15.3 Å². The predicted molar refractivity (Wildman–Crippen MR) is 127 cm³/mol. The van der Waals surface area contributed by atoms with Gasteiger partial charge in [0, 0.05) is 36.7 Å². The van der Waals surface area contributed by atoms with Crippen molar-refractivity contribution in [3.05, 3.63) is 101 Å². The highest BCUT2D eigenvalue weighted by Gasteiger charge is 2.14. The number of benzene rings is 3. The summed E-state index contributed by atoms with van der Waals surface area (Å²) in [5.74, 6) is 0.613. The van der Waals surface area contributed by atoms with Gasteiger partial charge in [-0.3, -0.25) is 10.2 Å². The summed E-state index contributed by atoms with van der Waals surface area (Å²) in [7, 11) is 1.79. The van der Waals surface area contributed by atoms with Crippen molar-refractivity contribution in [1.82, 2.24) is 14.9 Å². The summed E-state index contributed by atoms with van der Waals surface area (Å²) in [5.41, 5.74) is 9.60. The lowest BCUT2D eigenvalue weighted by molar-refractivity contribution is 0.0785. The molecule has 4 N–H and O–H groups in total. The number of anilines is 1. The molecule has 0 aliphatic rings. The molecule has 0 saturated carbocycles. The van der Waals surface area contributed by atoms with Crippen LogP contribution in [0.1, 0.15) is 27.0 Å². The number of nitrogens with two attached hydrogens (primary N) is 1. The SMILES string of the molecule is CN(Cc1ccccc1)C(=O)c1ccc2c(NCc3ccccc3C(=N)N)ncnc2c1. The predicted octanol–water partition coefficient (Wildman–Crippen LogP) is 3.80. The first-order valence-corrected chi connectivity index (χ1v) is 10.2. The second-order valence-electron chi connectivity index (χ2n) is 7.53. The molecule has 7 nitrogen and oxygen atoms in total. The van der Waals surface area contributed by atoms with Crippen molar-refractivity contribution < 1.29 is 4.79 Å². The average Bonchev–Trinajstić information content (AvgIpc) is 2.82. The van der Waals surface area contributed by atoms with Crippen molar-refractivity contribution in [2.24, 2.45) is 5.73 Å².